The van der Waals surface area contributed by atoms with Gasteiger partial charge in [0.25, 0.3) is 0 Å². The van der Waals surface area contributed by atoms with Crippen molar-refractivity contribution in [3.63, 3.8) is 0 Å². The van der Waals surface area contributed by atoms with Crippen LogP contribution in [-0.4, -0.2) is 6.29 Å². The number of carbonyl (C=O) groups excluding carboxylic acids is 1. The molecule has 1 nitrogen and oxygen atoms in total. The minimum absolute atomic E-state index is 0. The van der Waals surface area contributed by atoms with Crippen molar-refractivity contribution in [1.29, 1.82) is 0 Å². The van der Waals surface area contributed by atoms with E-state index >= 15 is 0 Å². The van der Waals surface area contributed by atoms with Gasteiger partial charge in [0.15, 0.2) is 0 Å². The normalized spacial score (nSPS) is 2.71. The molecular formula is C5H11CrO. The summed E-state index contributed by atoms with van der Waals surface area (Å²) in [6.07, 6.45) is 1.50. The molecule has 0 N–H and O–H groups in total. The first-order valence-electron chi connectivity index (χ1n) is 1.41. The Morgan fingerprint density at radius 3 is 1.43 bits per heavy atom. The molecule has 0 spiro atoms. The Morgan fingerprint density at radius 2 is 1.43 bits per heavy atom. The van der Waals surface area contributed by atoms with E-state index in [9.17, 15) is 0 Å². The molecule has 0 amide bonds. The Balaban J connectivity index is -0.0000000105. The monoisotopic (exact) mass is 139 g/mol. The minimum atomic E-state index is 0. The Bertz CT molecular complexity index is 15.6. The van der Waals surface area contributed by atoms with E-state index in [1.807, 2.05) is 0 Å². The molecule has 0 aliphatic rings. The molecule has 43 valence electrons. The first-order valence-corrected chi connectivity index (χ1v) is 1.41. The SMILES string of the molecule is C[C-]=O.[CH2-]C.[CH3-].[Cr+3]. The third-order valence-corrected chi connectivity index (χ3v) is 0. The quantitative estimate of drug-likeness (QED) is 0.463. The predicted octanol–water partition coefficient (Wildman–Crippen LogP) is 1.40. The summed E-state index contributed by atoms with van der Waals surface area (Å²) in [6, 6.07) is 0. The molecule has 7 heavy (non-hydrogen) atoms. The summed E-state index contributed by atoms with van der Waals surface area (Å²) in [7, 11) is 0. The third kappa shape index (κ3) is 2670. The van der Waals surface area contributed by atoms with Gasteiger partial charge < -0.3 is 19.1 Å². The second-order valence-corrected chi connectivity index (χ2v) is 0.204. The summed E-state index contributed by atoms with van der Waals surface area (Å²) in [5.74, 6) is 0. The Hall–Kier alpha value is 0.202. The van der Waals surface area contributed by atoms with Crippen molar-refractivity contribution in [1.82, 2.24) is 0 Å². The predicted molar refractivity (Wildman–Crippen MR) is 28.8 cm³/mol. The van der Waals surface area contributed by atoms with E-state index in [2.05, 4.69) is 6.92 Å². The van der Waals surface area contributed by atoms with Crippen LogP contribution in [0.25, 0.3) is 0 Å². The Morgan fingerprint density at radius 1 is 1.43 bits per heavy atom. The van der Waals surface area contributed by atoms with Crippen molar-refractivity contribution in [3.05, 3.63) is 14.4 Å². The number of hydrogen-bond donors (Lipinski definition) is 0. The van der Waals surface area contributed by atoms with E-state index < -0.39 is 0 Å². The van der Waals surface area contributed by atoms with Gasteiger partial charge in [0.2, 0.25) is 0 Å². The summed E-state index contributed by atoms with van der Waals surface area (Å²) >= 11 is 0. The Labute approximate surface area is 57.2 Å². The van der Waals surface area contributed by atoms with E-state index in [0.29, 0.717) is 0 Å². The fourth-order valence-electron chi connectivity index (χ4n) is 0. The third-order valence-electron chi connectivity index (χ3n) is 0. The van der Waals surface area contributed by atoms with Crippen LogP contribution in [0.15, 0.2) is 0 Å². The van der Waals surface area contributed by atoms with Crippen LogP contribution in [0.3, 0.4) is 0 Å². The topological polar surface area (TPSA) is 17.1 Å². The molecule has 2 heteroatoms. The fourth-order valence-corrected chi connectivity index (χ4v) is 0. The number of hydrogen-bond acceptors (Lipinski definition) is 1. The van der Waals surface area contributed by atoms with E-state index in [1.54, 1.807) is 6.92 Å². The van der Waals surface area contributed by atoms with Crippen molar-refractivity contribution < 1.29 is 22.2 Å². The summed E-state index contributed by atoms with van der Waals surface area (Å²) in [6.45, 7) is 6.32. The first kappa shape index (κ1) is 27.0. The van der Waals surface area contributed by atoms with Gasteiger partial charge >= 0.3 is 17.4 Å². The van der Waals surface area contributed by atoms with Crippen LogP contribution in [0.5, 0.6) is 0 Å². The molecule has 0 heterocycles. The van der Waals surface area contributed by atoms with Crippen molar-refractivity contribution in [2.24, 2.45) is 0 Å². The second kappa shape index (κ2) is 116. The second-order valence-electron chi connectivity index (χ2n) is 0.204. The van der Waals surface area contributed by atoms with Crippen molar-refractivity contribution in [3.8, 4) is 0 Å². The zero-order chi connectivity index (χ0) is 4.71. The van der Waals surface area contributed by atoms with Gasteiger partial charge in [-0.2, -0.15) is 13.8 Å². The summed E-state index contributed by atoms with van der Waals surface area (Å²) in [5, 5.41) is 0. The van der Waals surface area contributed by atoms with Gasteiger partial charge in [0.05, 0.1) is 0 Å². The molecule has 0 atom stereocenters. The van der Waals surface area contributed by atoms with Crippen LogP contribution in [0, 0.1) is 14.4 Å². The molecule has 0 aromatic heterocycles. The van der Waals surface area contributed by atoms with Crippen LogP contribution in [-0.2, 0) is 22.2 Å². The van der Waals surface area contributed by atoms with E-state index in [0.717, 1.165) is 0 Å². The van der Waals surface area contributed by atoms with Crippen LogP contribution < -0.4 is 0 Å². The molecule has 0 unspecified atom stereocenters. The maximum Gasteiger partial charge on any atom is 3.00 e. The molecule has 0 saturated heterocycles. The molecule has 0 aromatic rings. The van der Waals surface area contributed by atoms with Crippen molar-refractivity contribution in [2.75, 3.05) is 0 Å². The van der Waals surface area contributed by atoms with Crippen LogP contribution in [0.1, 0.15) is 13.8 Å². The van der Waals surface area contributed by atoms with E-state index in [4.69, 9.17) is 4.79 Å². The summed E-state index contributed by atoms with van der Waals surface area (Å²) in [5.41, 5.74) is 0. The Kier molecular flexibility index (Phi) is 448. The van der Waals surface area contributed by atoms with E-state index in [-0.39, 0.29) is 24.8 Å². The molecule has 0 aromatic carbocycles. The van der Waals surface area contributed by atoms with Gasteiger partial charge in [-0.3, -0.25) is 6.29 Å². The zero-order valence-corrected chi connectivity index (χ0v) is 6.30. The average molecular weight is 139 g/mol. The summed E-state index contributed by atoms with van der Waals surface area (Å²) in [4.78, 5) is 8.68. The van der Waals surface area contributed by atoms with Gasteiger partial charge in [0, 0.05) is 0 Å². The maximum atomic E-state index is 8.68. The molecular weight excluding hydrogens is 128 g/mol. The van der Waals surface area contributed by atoms with Gasteiger partial charge in [-0.1, -0.05) is 0 Å². The standard InChI is InChI=1S/C2H3O.C2H5.CH3.Cr/c1-2-3;1-2;;/h1H3;1H2,2H3;1H3;/q3*-1;+3. The molecule has 0 aliphatic heterocycles. The van der Waals surface area contributed by atoms with E-state index in [1.165, 1.54) is 13.2 Å². The smallest absolute Gasteiger partial charge is 0.542 e. The van der Waals surface area contributed by atoms with Crippen LogP contribution >= 0.6 is 0 Å². The fraction of sp³-hybridized carbons (Fsp3) is 0.400. The first-order chi connectivity index (χ1) is 2.41. The molecule has 0 fully saturated rings. The summed E-state index contributed by atoms with van der Waals surface area (Å²) < 4.78 is 0. The molecule has 0 saturated carbocycles. The van der Waals surface area contributed by atoms with Crippen LogP contribution in [0.2, 0.25) is 0 Å². The minimum Gasteiger partial charge on any atom is -0.542 e. The van der Waals surface area contributed by atoms with Crippen LogP contribution in [0.4, 0.5) is 0 Å². The molecule has 0 aliphatic carbocycles. The van der Waals surface area contributed by atoms with Crippen molar-refractivity contribution in [2.45, 2.75) is 13.8 Å². The molecule has 1 radical (unpaired) electrons. The average Bonchev–Trinajstić information content (AvgIpc) is 1.46. The maximum absolute atomic E-state index is 8.68. The van der Waals surface area contributed by atoms with Crippen molar-refractivity contribution >= 4 is 6.29 Å². The largest absolute Gasteiger partial charge is 3.00 e. The van der Waals surface area contributed by atoms with Gasteiger partial charge in [-0.05, 0) is 0 Å². The molecule has 0 bridgehead atoms. The number of rotatable bonds is 0. The van der Waals surface area contributed by atoms with Gasteiger partial charge in [-0.15, -0.1) is 0 Å². The molecule has 0 rings (SSSR count). The zero-order valence-electron chi connectivity index (χ0n) is 5.02. The van der Waals surface area contributed by atoms with Gasteiger partial charge in [-0.25, -0.2) is 0 Å². The van der Waals surface area contributed by atoms with Gasteiger partial charge in [0.1, 0.15) is 0 Å².